The maximum Gasteiger partial charge on any atom is 0.141 e. The summed E-state index contributed by atoms with van der Waals surface area (Å²) in [5.74, 6) is 5.15. The Morgan fingerprint density at radius 3 is 2.58 bits per heavy atom. The van der Waals surface area contributed by atoms with Crippen molar-refractivity contribution in [3.8, 4) is 0 Å². The lowest BCUT2D eigenvalue weighted by Crippen LogP contribution is -2.30. The molecule has 0 radical (unpaired) electrons. The molecule has 2 aromatic rings. The van der Waals surface area contributed by atoms with Crippen LogP contribution in [0, 0.1) is 5.82 Å². The van der Waals surface area contributed by atoms with Crippen LogP contribution in [0.15, 0.2) is 42.5 Å². The second-order valence-electron chi connectivity index (χ2n) is 4.30. The number of hydrazine groups is 1. The van der Waals surface area contributed by atoms with Gasteiger partial charge in [-0.2, -0.15) is 0 Å². The lowest BCUT2D eigenvalue weighted by Gasteiger charge is -2.18. The van der Waals surface area contributed by atoms with E-state index >= 15 is 0 Å². The molecule has 1 unspecified atom stereocenters. The lowest BCUT2D eigenvalue weighted by atomic mass is 9.98. The van der Waals surface area contributed by atoms with E-state index in [1.807, 2.05) is 24.3 Å². The van der Waals surface area contributed by atoms with Crippen molar-refractivity contribution in [2.24, 2.45) is 5.84 Å². The standard InChI is InChI=1S/C14H15ClFN3/c15-11-7-9(5-6-12(11)16)8-14(19-18)10-3-1-2-4-13(10)17/h1-7,14,19H,8,17-18H2. The molecule has 100 valence electrons. The first-order valence-electron chi connectivity index (χ1n) is 5.86. The Morgan fingerprint density at radius 2 is 1.95 bits per heavy atom. The summed E-state index contributed by atoms with van der Waals surface area (Å²) in [6.45, 7) is 0. The normalized spacial score (nSPS) is 12.4. The minimum Gasteiger partial charge on any atom is -0.398 e. The summed E-state index contributed by atoms with van der Waals surface area (Å²) >= 11 is 5.77. The van der Waals surface area contributed by atoms with E-state index < -0.39 is 5.82 Å². The van der Waals surface area contributed by atoms with Crippen molar-refractivity contribution in [1.82, 2.24) is 5.43 Å². The minimum absolute atomic E-state index is 0.106. The van der Waals surface area contributed by atoms with E-state index in [0.29, 0.717) is 12.1 Å². The minimum atomic E-state index is -0.429. The van der Waals surface area contributed by atoms with Crippen molar-refractivity contribution in [3.05, 3.63) is 64.4 Å². The fraction of sp³-hybridized carbons (Fsp3) is 0.143. The van der Waals surface area contributed by atoms with E-state index in [4.69, 9.17) is 23.2 Å². The molecule has 0 fully saturated rings. The van der Waals surface area contributed by atoms with Crippen LogP contribution in [0.2, 0.25) is 5.02 Å². The van der Waals surface area contributed by atoms with Crippen molar-refractivity contribution in [2.75, 3.05) is 5.73 Å². The molecule has 0 saturated heterocycles. The zero-order valence-corrected chi connectivity index (χ0v) is 11.0. The number of halogens is 2. The van der Waals surface area contributed by atoms with Gasteiger partial charge in [0, 0.05) is 5.69 Å². The quantitative estimate of drug-likeness (QED) is 0.458. The van der Waals surface area contributed by atoms with Gasteiger partial charge in [0.1, 0.15) is 5.82 Å². The molecule has 0 bridgehead atoms. The second-order valence-corrected chi connectivity index (χ2v) is 4.71. The van der Waals surface area contributed by atoms with Crippen LogP contribution in [0.5, 0.6) is 0 Å². The van der Waals surface area contributed by atoms with Gasteiger partial charge in [0.05, 0.1) is 11.1 Å². The number of rotatable bonds is 4. The van der Waals surface area contributed by atoms with E-state index in [1.54, 1.807) is 12.1 Å². The van der Waals surface area contributed by atoms with Crippen molar-refractivity contribution in [1.29, 1.82) is 0 Å². The highest BCUT2D eigenvalue weighted by molar-refractivity contribution is 6.30. The summed E-state index contributed by atoms with van der Waals surface area (Å²) in [5.41, 5.74) is 11.1. The Labute approximate surface area is 116 Å². The third-order valence-electron chi connectivity index (χ3n) is 3.00. The summed E-state index contributed by atoms with van der Waals surface area (Å²) in [5, 5.41) is 0.106. The Balaban J connectivity index is 2.24. The fourth-order valence-corrected chi connectivity index (χ4v) is 2.19. The zero-order valence-electron chi connectivity index (χ0n) is 10.2. The summed E-state index contributed by atoms with van der Waals surface area (Å²) in [4.78, 5) is 0. The monoisotopic (exact) mass is 279 g/mol. The van der Waals surface area contributed by atoms with Gasteiger partial charge >= 0.3 is 0 Å². The van der Waals surface area contributed by atoms with Crippen LogP contribution in [0.3, 0.4) is 0 Å². The molecule has 2 rings (SSSR count). The number of nitrogens with two attached hydrogens (primary N) is 2. The molecule has 2 aromatic carbocycles. The van der Waals surface area contributed by atoms with Gasteiger partial charge in [0.15, 0.2) is 0 Å². The van der Waals surface area contributed by atoms with Crippen LogP contribution in [0.4, 0.5) is 10.1 Å². The van der Waals surface area contributed by atoms with Gasteiger partial charge in [-0.25, -0.2) is 4.39 Å². The van der Waals surface area contributed by atoms with Crippen LogP contribution < -0.4 is 17.0 Å². The summed E-state index contributed by atoms with van der Waals surface area (Å²) in [6, 6.07) is 12.0. The molecule has 0 heterocycles. The van der Waals surface area contributed by atoms with Crippen LogP contribution in [-0.4, -0.2) is 0 Å². The van der Waals surface area contributed by atoms with E-state index in [-0.39, 0.29) is 11.1 Å². The molecule has 0 spiro atoms. The van der Waals surface area contributed by atoms with E-state index in [9.17, 15) is 4.39 Å². The molecular weight excluding hydrogens is 265 g/mol. The van der Waals surface area contributed by atoms with E-state index in [1.165, 1.54) is 6.07 Å². The van der Waals surface area contributed by atoms with Crippen molar-refractivity contribution >= 4 is 17.3 Å². The predicted octanol–water partition coefficient (Wildman–Crippen LogP) is 2.81. The number of nitrogen functional groups attached to an aromatic ring is 1. The van der Waals surface area contributed by atoms with Gasteiger partial charge in [0.25, 0.3) is 0 Å². The van der Waals surface area contributed by atoms with Gasteiger partial charge in [-0.3, -0.25) is 11.3 Å². The molecule has 0 saturated carbocycles. The van der Waals surface area contributed by atoms with Crippen molar-refractivity contribution in [3.63, 3.8) is 0 Å². The Bertz CT molecular complexity index is 574. The maximum absolute atomic E-state index is 13.1. The van der Waals surface area contributed by atoms with Gasteiger partial charge in [-0.1, -0.05) is 35.9 Å². The van der Waals surface area contributed by atoms with E-state index in [2.05, 4.69) is 5.43 Å². The third-order valence-corrected chi connectivity index (χ3v) is 3.29. The van der Waals surface area contributed by atoms with Gasteiger partial charge in [0.2, 0.25) is 0 Å². The summed E-state index contributed by atoms with van der Waals surface area (Å²) in [6.07, 6.45) is 0.574. The molecule has 5 heteroatoms. The SMILES string of the molecule is NNC(Cc1ccc(F)c(Cl)c1)c1ccccc1N. The number of nitrogens with one attached hydrogen (secondary N) is 1. The highest BCUT2D eigenvalue weighted by Crippen LogP contribution is 2.25. The number of hydrogen-bond donors (Lipinski definition) is 3. The number of anilines is 1. The molecule has 19 heavy (non-hydrogen) atoms. The topological polar surface area (TPSA) is 64.1 Å². The van der Waals surface area contributed by atoms with Crippen molar-refractivity contribution in [2.45, 2.75) is 12.5 Å². The molecule has 1 atom stereocenters. The van der Waals surface area contributed by atoms with Gasteiger partial charge in [-0.15, -0.1) is 0 Å². The largest absolute Gasteiger partial charge is 0.398 e. The van der Waals surface area contributed by atoms with Gasteiger partial charge < -0.3 is 5.73 Å². The molecule has 0 aliphatic heterocycles. The highest BCUT2D eigenvalue weighted by Gasteiger charge is 2.13. The number of para-hydroxylation sites is 1. The van der Waals surface area contributed by atoms with E-state index in [0.717, 1.165) is 11.1 Å². The average molecular weight is 280 g/mol. The molecule has 0 aliphatic rings. The number of hydrogen-bond acceptors (Lipinski definition) is 3. The van der Waals surface area contributed by atoms with Crippen LogP contribution >= 0.6 is 11.6 Å². The lowest BCUT2D eigenvalue weighted by molar-refractivity contribution is 0.552. The van der Waals surface area contributed by atoms with Gasteiger partial charge in [-0.05, 0) is 35.7 Å². The second kappa shape index (κ2) is 6.02. The average Bonchev–Trinajstić information content (AvgIpc) is 2.41. The Morgan fingerprint density at radius 1 is 1.21 bits per heavy atom. The first-order chi connectivity index (χ1) is 9.11. The number of benzene rings is 2. The first kappa shape index (κ1) is 13.8. The van der Waals surface area contributed by atoms with Crippen LogP contribution in [-0.2, 0) is 6.42 Å². The van der Waals surface area contributed by atoms with Crippen LogP contribution in [0.1, 0.15) is 17.2 Å². The Kier molecular flexibility index (Phi) is 4.37. The molecule has 0 aromatic heterocycles. The summed E-state index contributed by atoms with van der Waals surface area (Å²) in [7, 11) is 0. The summed E-state index contributed by atoms with van der Waals surface area (Å²) < 4.78 is 13.1. The van der Waals surface area contributed by atoms with Crippen molar-refractivity contribution < 1.29 is 4.39 Å². The Hall–Kier alpha value is -1.62. The maximum atomic E-state index is 13.1. The molecule has 0 amide bonds. The first-order valence-corrected chi connectivity index (χ1v) is 6.24. The smallest absolute Gasteiger partial charge is 0.141 e. The fourth-order valence-electron chi connectivity index (χ4n) is 1.99. The molecule has 0 aliphatic carbocycles. The molecular formula is C14H15ClFN3. The molecule has 5 N–H and O–H groups in total. The highest BCUT2D eigenvalue weighted by atomic mass is 35.5. The third kappa shape index (κ3) is 3.23. The predicted molar refractivity (Wildman–Crippen MR) is 76.0 cm³/mol. The molecule has 3 nitrogen and oxygen atoms in total. The van der Waals surface area contributed by atoms with Crippen LogP contribution in [0.25, 0.3) is 0 Å². The zero-order chi connectivity index (χ0) is 13.8.